The van der Waals surface area contributed by atoms with Gasteiger partial charge in [-0.25, -0.2) is 9.78 Å². The zero-order chi connectivity index (χ0) is 12.3. The molecule has 2 rings (SSSR count). The molecule has 86 valence electrons. The van der Waals surface area contributed by atoms with E-state index < -0.39 is 5.97 Å². The Morgan fingerprint density at radius 2 is 1.88 bits per heavy atom. The molecule has 4 N–H and O–H groups in total. The number of nitrogens with two attached hydrogens (primary N) is 1. The van der Waals surface area contributed by atoms with Gasteiger partial charge in [0, 0.05) is 17.6 Å². The third kappa shape index (κ3) is 2.72. The van der Waals surface area contributed by atoms with Crippen molar-refractivity contribution in [2.45, 2.75) is 0 Å². The van der Waals surface area contributed by atoms with Crippen LogP contribution in [0.5, 0.6) is 0 Å². The first-order valence-corrected chi connectivity index (χ1v) is 4.97. The van der Waals surface area contributed by atoms with E-state index in [1.165, 1.54) is 12.3 Å². The molecule has 0 aliphatic heterocycles. The number of nitrogens with one attached hydrogen (secondary N) is 1. The smallest absolute Gasteiger partial charge is 0.337 e. The lowest BCUT2D eigenvalue weighted by Crippen LogP contribution is -1.99. The monoisotopic (exact) mass is 229 g/mol. The molecular weight excluding hydrogens is 218 g/mol. The summed E-state index contributed by atoms with van der Waals surface area (Å²) in [6.45, 7) is 0. The number of hydrogen-bond donors (Lipinski definition) is 3. The van der Waals surface area contributed by atoms with Gasteiger partial charge in [-0.05, 0) is 36.4 Å². The van der Waals surface area contributed by atoms with Gasteiger partial charge in [0.1, 0.15) is 5.82 Å². The second kappa shape index (κ2) is 4.52. The number of anilines is 3. The van der Waals surface area contributed by atoms with Crippen molar-refractivity contribution in [2.24, 2.45) is 0 Å². The number of aromatic nitrogens is 1. The van der Waals surface area contributed by atoms with Crippen LogP contribution in [0.2, 0.25) is 0 Å². The fourth-order valence-corrected chi connectivity index (χ4v) is 1.31. The molecule has 0 radical (unpaired) electrons. The molecule has 1 heterocycles. The van der Waals surface area contributed by atoms with E-state index >= 15 is 0 Å². The predicted molar refractivity (Wildman–Crippen MR) is 65.3 cm³/mol. The maximum Gasteiger partial charge on any atom is 0.337 e. The largest absolute Gasteiger partial charge is 0.478 e. The molecule has 0 bridgehead atoms. The van der Waals surface area contributed by atoms with Gasteiger partial charge in [0.25, 0.3) is 0 Å². The van der Waals surface area contributed by atoms with Crippen LogP contribution < -0.4 is 11.1 Å². The van der Waals surface area contributed by atoms with Crippen molar-refractivity contribution >= 4 is 23.2 Å². The van der Waals surface area contributed by atoms with Crippen molar-refractivity contribution in [2.75, 3.05) is 11.1 Å². The Balaban J connectivity index is 2.13. The van der Waals surface area contributed by atoms with Crippen molar-refractivity contribution < 1.29 is 9.90 Å². The maximum absolute atomic E-state index is 10.6. The topological polar surface area (TPSA) is 88.2 Å². The van der Waals surface area contributed by atoms with Crippen LogP contribution in [0.25, 0.3) is 0 Å². The van der Waals surface area contributed by atoms with Crippen LogP contribution >= 0.6 is 0 Å². The van der Waals surface area contributed by atoms with E-state index in [1.54, 1.807) is 18.2 Å². The first-order valence-electron chi connectivity index (χ1n) is 4.97. The average Bonchev–Trinajstić information content (AvgIpc) is 2.33. The fraction of sp³-hybridized carbons (Fsp3) is 0. The van der Waals surface area contributed by atoms with Crippen LogP contribution in [-0.2, 0) is 0 Å². The summed E-state index contributed by atoms with van der Waals surface area (Å²) < 4.78 is 0. The van der Waals surface area contributed by atoms with Crippen LogP contribution in [0.1, 0.15) is 10.4 Å². The van der Waals surface area contributed by atoms with Crippen molar-refractivity contribution in [3.8, 4) is 0 Å². The van der Waals surface area contributed by atoms with Gasteiger partial charge in [-0.2, -0.15) is 0 Å². The van der Waals surface area contributed by atoms with Crippen molar-refractivity contribution in [3.05, 3.63) is 48.2 Å². The van der Waals surface area contributed by atoms with Crippen LogP contribution in [0, 0.1) is 0 Å². The number of carbonyl (C=O) groups is 1. The van der Waals surface area contributed by atoms with E-state index in [4.69, 9.17) is 10.8 Å². The molecule has 2 aromatic rings. The van der Waals surface area contributed by atoms with Crippen LogP contribution in [0.3, 0.4) is 0 Å². The molecule has 0 saturated carbocycles. The fourth-order valence-electron chi connectivity index (χ4n) is 1.31. The van der Waals surface area contributed by atoms with E-state index in [9.17, 15) is 4.79 Å². The quantitative estimate of drug-likeness (QED) is 0.701. The lowest BCUT2D eigenvalue weighted by molar-refractivity contribution is 0.0696. The Bertz CT molecular complexity index is 520. The van der Waals surface area contributed by atoms with Gasteiger partial charge >= 0.3 is 5.97 Å². The van der Waals surface area contributed by atoms with Gasteiger partial charge in [0.05, 0.1) is 5.56 Å². The molecule has 1 aromatic carbocycles. The molecule has 17 heavy (non-hydrogen) atoms. The van der Waals surface area contributed by atoms with Gasteiger partial charge in [0.2, 0.25) is 0 Å². The first kappa shape index (κ1) is 10.9. The zero-order valence-corrected chi connectivity index (χ0v) is 8.92. The SMILES string of the molecule is Nc1ccc(Nc2ccc(C(=O)O)cn2)cc1. The van der Waals surface area contributed by atoms with Crippen LogP contribution in [0.15, 0.2) is 42.6 Å². The van der Waals surface area contributed by atoms with E-state index in [0.717, 1.165) is 5.69 Å². The van der Waals surface area contributed by atoms with E-state index in [2.05, 4.69) is 10.3 Å². The molecule has 0 spiro atoms. The molecule has 0 aliphatic rings. The van der Waals surface area contributed by atoms with Crippen molar-refractivity contribution in [1.82, 2.24) is 4.98 Å². The lowest BCUT2D eigenvalue weighted by Gasteiger charge is -2.05. The number of pyridine rings is 1. The Morgan fingerprint density at radius 3 is 2.41 bits per heavy atom. The van der Waals surface area contributed by atoms with E-state index in [-0.39, 0.29) is 5.56 Å². The Morgan fingerprint density at radius 1 is 1.18 bits per heavy atom. The summed E-state index contributed by atoms with van der Waals surface area (Å²) in [5, 5.41) is 11.8. The molecule has 0 atom stereocenters. The summed E-state index contributed by atoms with van der Waals surface area (Å²) >= 11 is 0. The molecular formula is C12H11N3O2. The number of hydrogen-bond acceptors (Lipinski definition) is 4. The highest BCUT2D eigenvalue weighted by molar-refractivity contribution is 5.87. The average molecular weight is 229 g/mol. The third-order valence-electron chi connectivity index (χ3n) is 2.19. The van der Waals surface area contributed by atoms with Crippen LogP contribution in [-0.4, -0.2) is 16.1 Å². The summed E-state index contributed by atoms with van der Waals surface area (Å²) in [6.07, 6.45) is 1.31. The molecule has 0 unspecified atom stereocenters. The Kier molecular flexibility index (Phi) is 2.91. The Hall–Kier alpha value is -2.56. The summed E-state index contributed by atoms with van der Waals surface area (Å²) in [5.41, 5.74) is 7.25. The zero-order valence-electron chi connectivity index (χ0n) is 8.92. The maximum atomic E-state index is 10.6. The Labute approximate surface area is 97.9 Å². The summed E-state index contributed by atoms with van der Waals surface area (Å²) in [4.78, 5) is 14.6. The van der Waals surface area contributed by atoms with Gasteiger partial charge < -0.3 is 16.2 Å². The first-order chi connectivity index (χ1) is 8.15. The highest BCUT2D eigenvalue weighted by Gasteiger charge is 2.02. The highest BCUT2D eigenvalue weighted by atomic mass is 16.4. The summed E-state index contributed by atoms with van der Waals surface area (Å²) in [6, 6.07) is 10.3. The second-order valence-corrected chi connectivity index (χ2v) is 3.48. The number of aromatic carboxylic acids is 1. The number of nitrogen functional groups attached to an aromatic ring is 1. The normalized spacial score (nSPS) is 9.88. The highest BCUT2D eigenvalue weighted by Crippen LogP contribution is 2.16. The molecule has 5 nitrogen and oxygen atoms in total. The minimum absolute atomic E-state index is 0.160. The summed E-state index contributed by atoms with van der Waals surface area (Å²) in [7, 11) is 0. The number of carboxylic acids is 1. The molecule has 0 saturated heterocycles. The van der Waals surface area contributed by atoms with Gasteiger partial charge in [-0.15, -0.1) is 0 Å². The number of nitrogens with zero attached hydrogens (tertiary/aromatic N) is 1. The predicted octanol–water partition coefficient (Wildman–Crippen LogP) is 2.11. The second-order valence-electron chi connectivity index (χ2n) is 3.48. The van der Waals surface area contributed by atoms with Gasteiger partial charge in [-0.3, -0.25) is 0 Å². The van der Waals surface area contributed by atoms with Crippen molar-refractivity contribution in [1.29, 1.82) is 0 Å². The standard InChI is InChI=1S/C12H11N3O2/c13-9-2-4-10(5-3-9)15-11-6-1-8(7-14-11)12(16)17/h1-7H,13H2,(H,14,15)(H,16,17). The molecule has 0 amide bonds. The van der Waals surface area contributed by atoms with Crippen molar-refractivity contribution in [3.63, 3.8) is 0 Å². The minimum atomic E-state index is -0.989. The summed E-state index contributed by atoms with van der Waals surface area (Å²) in [5.74, 6) is -0.406. The molecule has 0 aliphatic carbocycles. The van der Waals surface area contributed by atoms with Crippen LogP contribution in [0.4, 0.5) is 17.2 Å². The van der Waals surface area contributed by atoms with Gasteiger partial charge in [-0.1, -0.05) is 0 Å². The molecule has 0 fully saturated rings. The number of carboxylic acid groups (broad SMARTS) is 1. The number of rotatable bonds is 3. The molecule has 5 heteroatoms. The minimum Gasteiger partial charge on any atom is -0.478 e. The third-order valence-corrected chi connectivity index (χ3v) is 2.19. The molecule has 1 aromatic heterocycles. The van der Waals surface area contributed by atoms with E-state index in [1.807, 2.05) is 12.1 Å². The van der Waals surface area contributed by atoms with Gasteiger partial charge in [0.15, 0.2) is 0 Å². The lowest BCUT2D eigenvalue weighted by atomic mass is 10.2. The number of benzene rings is 1. The van der Waals surface area contributed by atoms with E-state index in [0.29, 0.717) is 11.5 Å².